The smallest absolute Gasteiger partial charge is 0.221 e. The lowest BCUT2D eigenvalue weighted by atomic mass is 10.1. The van der Waals surface area contributed by atoms with Crippen molar-refractivity contribution >= 4 is 5.91 Å². The summed E-state index contributed by atoms with van der Waals surface area (Å²) in [5.41, 5.74) is 0.920. The molecular formula is C15H19FN2O2. The third kappa shape index (κ3) is 3.48. The Morgan fingerprint density at radius 2 is 2.25 bits per heavy atom. The van der Waals surface area contributed by atoms with Crippen molar-refractivity contribution in [3.8, 4) is 5.75 Å². The highest BCUT2D eigenvalue weighted by Crippen LogP contribution is 2.28. The van der Waals surface area contributed by atoms with E-state index in [1.165, 1.54) is 12.1 Å². The lowest BCUT2D eigenvalue weighted by Crippen LogP contribution is -2.34. The van der Waals surface area contributed by atoms with Crippen LogP contribution in [0.15, 0.2) is 18.2 Å². The second-order valence-corrected chi connectivity index (χ2v) is 5.49. The van der Waals surface area contributed by atoms with Gasteiger partial charge < -0.3 is 15.4 Å². The quantitative estimate of drug-likeness (QED) is 0.773. The first-order valence-electron chi connectivity index (χ1n) is 7.16. The summed E-state index contributed by atoms with van der Waals surface area (Å²) in [4.78, 5) is 11.5. The minimum Gasteiger partial charge on any atom is -0.488 e. The average molecular weight is 278 g/mol. The molecule has 1 aliphatic carbocycles. The fourth-order valence-corrected chi connectivity index (χ4v) is 2.40. The van der Waals surface area contributed by atoms with Crippen molar-refractivity contribution in [3.63, 3.8) is 0 Å². The molecule has 1 amide bonds. The van der Waals surface area contributed by atoms with Crippen molar-refractivity contribution < 1.29 is 13.9 Å². The zero-order chi connectivity index (χ0) is 13.9. The molecule has 0 saturated heterocycles. The van der Waals surface area contributed by atoms with Gasteiger partial charge in [-0.15, -0.1) is 0 Å². The van der Waals surface area contributed by atoms with Crippen LogP contribution in [0.1, 0.15) is 24.8 Å². The molecule has 1 atom stereocenters. The zero-order valence-electron chi connectivity index (χ0n) is 11.3. The summed E-state index contributed by atoms with van der Waals surface area (Å²) < 4.78 is 18.8. The number of halogens is 1. The van der Waals surface area contributed by atoms with E-state index in [0.29, 0.717) is 32.0 Å². The molecule has 1 heterocycles. The Labute approximate surface area is 117 Å². The summed E-state index contributed by atoms with van der Waals surface area (Å²) in [5.74, 6) is 0.653. The number of benzene rings is 1. The van der Waals surface area contributed by atoms with E-state index < -0.39 is 0 Å². The normalized spacial score (nSPS) is 20.4. The van der Waals surface area contributed by atoms with Gasteiger partial charge in [0.15, 0.2) is 0 Å². The minimum absolute atomic E-state index is 0.0262. The van der Waals surface area contributed by atoms with E-state index in [2.05, 4.69) is 10.6 Å². The van der Waals surface area contributed by atoms with Crippen LogP contribution in [-0.2, 0) is 11.2 Å². The molecule has 1 fully saturated rings. The predicted molar refractivity (Wildman–Crippen MR) is 73.2 cm³/mol. The van der Waals surface area contributed by atoms with Gasteiger partial charge in [0.2, 0.25) is 5.91 Å². The first kappa shape index (κ1) is 13.4. The molecular weight excluding hydrogens is 259 g/mol. The Morgan fingerprint density at radius 3 is 3.05 bits per heavy atom. The van der Waals surface area contributed by atoms with Gasteiger partial charge in [-0.25, -0.2) is 4.39 Å². The fourth-order valence-electron chi connectivity index (χ4n) is 2.40. The molecule has 0 bridgehead atoms. The van der Waals surface area contributed by atoms with Gasteiger partial charge in [0.05, 0.1) is 0 Å². The van der Waals surface area contributed by atoms with Crippen LogP contribution in [0.3, 0.4) is 0 Å². The number of rotatable bonds is 6. The van der Waals surface area contributed by atoms with E-state index in [0.717, 1.165) is 24.2 Å². The summed E-state index contributed by atoms with van der Waals surface area (Å²) in [5, 5.41) is 6.17. The van der Waals surface area contributed by atoms with Crippen molar-refractivity contribution in [1.82, 2.24) is 10.6 Å². The van der Waals surface area contributed by atoms with Gasteiger partial charge in [-0.1, -0.05) is 0 Å². The first-order chi connectivity index (χ1) is 9.70. The highest BCUT2D eigenvalue weighted by atomic mass is 19.1. The first-order valence-corrected chi connectivity index (χ1v) is 7.16. The summed E-state index contributed by atoms with van der Waals surface area (Å²) in [6.45, 7) is 1.32. The largest absolute Gasteiger partial charge is 0.488 e. The second kappa shape index (κ2) is 5.79. The Morgan fingerprint density at radius 1 is 1.40 bits per heavy atom. The fraction of sp³-hybridized carbons (Fsp3) is 0.533. The highest BCUT2D eigenvalue weighted by molar-refractivity contribution is 5.76. The van der Waals surface area contributed by atoms with E-state index in [-0.39, 0.29) is 17.8 Å². The highest BCUT2D eigenvalue weighted by Gasteiger charge is 2.24. The lowest BCUT2D eigenvalue weighted by Gasteiger charge is -2.11. The number of hydrogen-bond donors (Lipinski definition) is 2. The second-order valence-electron chi connectivity index (χ2n) is 5.49. The van der Waals surface area contributed by atoms with Gasteiger partial charge in [0.1, 0.15) is 17.7 Å². The number of nitrogens with one attached hydrogen (secondary N) is 2. The Balaban J connectivity index is 1.35. The standard InChI is InChI=1S/C15H19FN2O2/c16-11-1-4-14-10(7-11)8-13(20-14)9-17-6-5-15(19)18-12-2-3-12/h1,4,7,12-13,17H,2-3,5-6,8-9H2,(H,18,19). The Hall–Kier alpha value is -1.62. The molecule has 4 nitrogen and oxygen atoms in total. The third-order valence-corrected chi connectivity index (χ3v) is 3.61. The van der Waals surface area contributed by atoms with Crippen molar-refractivity contribution in [1.29, 1.82) is 0 Å². The van der Waals surface area contributed by atoms with E-state index in [4.69, 9.17) is 4.74 Å². The number of amides is 1. The summed E-state index contributed by atoms with van der Waals surface area (Å²) in [6, 6.07) is 5.04. The van der Waals surface area contributed by atoms with Gasteiger partial charge in [0, 0.05) is 37.5 Å². The molecule has 0 radical (unpaired) electrons. The number of carbonyl (C=O) groups is 1. The van der Waals surface area contributed by atoms with Gasteiger partial charge in [-0.2, -0.15) is 0 Å². The molecule has 0 spiro atoms. The molecule has 108 valence electrons. The van der Waals surface area contributed by atoms with Crippen LogP contribution >= 0.6 is 0 Å². The molecule has 5 heteroatoms. The molecule has 1 unspecified atom stereocenters. The van der Waals surface area contributed by atoms with Gasteiger partial charge >= 0.3 is 0 Å². The zero-order valence-corrected chi connectivity index (χ0v) is 11.3. The maximum Gasteiger partial charge on any atom is 0.221 e. The van der Waals surface area contributed by atoms with Crippen LogP contribution in [0.25, 0.3) is 0 Å². The molecule has 0 aromatic heterocycles. The summed E-state index contributed by atoms with van der Waals surface area (Å²) in [7, 11) is 0. The Bertz CT molecular complexity index is 503. The maximum absolute atomic E-state index is 13.1. The number of carbonyl (C=O) groups excluding carboxylic acids is 1. The van der Waals surface area contributed by atoms with Crippen LogP contribution in [0, 0.1) is 5.82 Å². The van der Waals surface area contributed by atoms with Crippen molar-refractivity contribution in [3.05, 3.63) is 29.6 Å². The van der Waals surface area contributed by atoms with Gasteiger partial charge in [0.25, 0.3) is 0 Å². The Kier molecular flexibility index (Phi) is 3.87. The number of hydrogen-bond acceptors (Lipinski definition) is 3. The van der Waals surface area contributed by atoms with E-state index in [1.807, 2.05) is 0 Å². The molecule has 1 aliphatic heterocycles. The number of fused-ring (bicyclic) bond motifs is 1. The SMILES string of the molecule is O=C(CCNCC1Cc2cc(F)ccc2O1)NC1CC1. The number of ether oxygens (including phenoxy) is 1. The van der Waals surface area contributed by atoms with Crippen LogP contribution in [0.4, 0.5) is 4.39 Å². The van der Waals surface area contributed by atoms with Crippen LogP contribution in [-0.4, -0.2) is 31.1 Å². The van der Waals surface area contributed by atoms with E-state index in [9.17, 15) is 9.18 Å². The molecule has 2 aliphatic rings. The summed E-state index contributed by atoms with van der Waals surface area (Å²) in [6.07, 6.45) is 3.46. The van der Waals surface area contributed by atoms with Gasteiger partial charge in [-0.05, 0) is 31.0 Å². The minimum atomic E-state index is -0.224. The van der Waals surface area contributed by atoms with Crippen molar-refractivity contribution in [2.75, 3.05) is 13.1 Å². The van der Waals surface area contributed by atoms with Crippen molar-refractivity contribution in [2.45, 2.75) is 37.8 Å². The van der Waals surface area contributed by atoms with Crippen LogP contribution in [0.5, 0.6) is 5.75 Å². The van der Waals surface area contributed by atoms with Crippen LogP contribution < -0.4 is 15.4 Å². The van der Waals surface area contributed by atoms with E-state index in [1.54, 1.807) is 6.07 Å². The van der Waals surface area contributed by atoms with Crippen molar-refractivity contribution in [2.24, 2.45) is 0 Å². The molecule has 1 aromatic rings. The average Bonchev–Trinajstić information content (AvgIpc) is 3.12. The monoisotopic (exact) mass is 278 g/mol. The molecule has 20 heavy (non-hydrogen) atoms. The van der Waals surface area contributed by atoms with E-state index >= 15 is 0 Å². The predicted octanol–water partition coefficient (Wildman–Crippen LogP) is 1.39. The summed E-state index contributed by atoms with van der Waals surface area (Å²) >= 11 is 0. The topological polar surface area (TPSA) is 50.4 Å². The molecule has 1 saturated carbocycles. The molecule has 3 rings (SSSR count). The third-order valence-electron chi connectivity index (χ3n) is 3.61. The molecule has 1 aromatic carbocycles. The molecule has 2 N–H and O–H groups in total. The van der Waals surface area contributed by atoms with Crippen LogP contribution in [0.2, 0.25) is 0 Å². The van der Waals surface area contributed by atoms with Gasteiger partial charge in [-0.3, -0.25) is 4.79 Å². The lowest BCUT2D eigenvalue weighted by molar-refractivity contribution is -0.121. The maximum atomic E-state index is 13.1.